The smallest absolute Gasteiger partial charge is 0.273 e. The maximum absolute atomic E-state index is 12.0. The van der Waals surface area contributed by atoms with Gasteiger partial charge in [-0.1, -0.05) is 35.5 Å². The highest BCUT2D eigenvalue weighted by molar-refractivity contribution is 5.94. The van der Waals surface area contributed by atoms with E-state index in [1.54, 1.807) is 24.4 Å². The van der Waals surface area contributed by atoms with E-state index in [2.05, 4.69) is 20.8 Å². The van der Waals surface area contributed by atoms with E-state index >= 15 is 0 Å². The predicted molar refractivity (Wildman–Crippen MR) is 90.8 cm³/mol. The van der Waals surface area contributed by atoms with Crippen molar-refractivity contribution in [3.8, 4) is 11.3 Å². The third-order valence-electron chi connectivity index (χ3n) is 3.42. The minimum Gasteiger partial charge on any atom is -0.355 e. The molecule has 1 aromatic carbocycles. The molecule has 3 rings (SSSR count). The number of hydrogen-bond donors (Lipinski definition) is 2. The van der Waals surface area contributed by atoms with Crippen molar-refractivity contribution < 1.29 is 14.1 Å². The van der Waals surface area contributed by atoms with Crippen LogP contribution >= 0.6 is 0 Å². The first kappa shape index (κ1) is 16.4. The molecular weight excluding hydrogens is 320 g/mol. The van der Waals surface area contributed by atoms with Crippen LogP contribution in [0.2, 0.25) is 0 Å². The van der Waals surface area contributed by atoms with E-state index in [0.29, 0.717) is 17.9 Å². The number of carbonyl (C=O) groups is 2. The van der Waals surface area contributed by atoms with Gasteiger partial charge in [0, 0.05) is 37.1 Å². The Morgan fingerprint density at radius 3 is 2.44 bits per heavy atom. The van der Waals surface area contributed by atoms with Crippen LogP contribution < -0.4 is 10.6 Å². The first-order valence-corrected chi connectivity index (χ1v) is 7.72. The number of pyridine rings is 1. The average Bonchev–Trinajstić information content (AvgIpc) is 3.16. The van der Waals surface area contributed by atoms with Crippen LogP contribution in [0.15, 0.2) is 65.4 Å². The second-order valence-electron chi connectivity index (χ2n) is 5.20. The molecule has 2 heterocycles. The first-order valence-electron chi connectivity index (χ1n) is 7.72. The van der Waals surface area contributed by atoms with E-state index in [9.17, 15) is 9.59 Å². The zero-order valence-corrected chi connectivity index (χ0v) is 13.3. The fourth-order valence-electron chi connectivity index (χ4n) is 2.16. The van der Waals surface area contributed by atoms with E-state index in [4.69, 9.17) is 4.52 Å². The van der Waals surface area contributed by atoms with Crippen LogP contribution in [0.3, 0.4) is 0 Å². The van der Waals surface area contributed by atoms with Crippen LogP contribution in [-0.2, 0) is 0 Å². The molecule has 0 bridgehead atoms. The van der Waals surface area contributed by atoms with Crippen LogP contribution in [-0.4, -0.2) is 35.0 Å². The highest BCUT2D eigenvalue weighted by Crippen LogP contribution is 2.19. The average molecular weight is 336 g/mol. The maximum Gasteiger partial charge on any atom is 0.273 e. The SMILES string of the molecule is O=C(NCCNC(=O)c1cc(-c2ccccc2)on1)c1cccnc1. The van der Waals surface area contributed by atoms with E-state index in [1.165, 1.54) is 6.20 Å². The Labute approximate surface area is 144 Å². The van der Waals surface area contributed by atoms with Gasteiger partial charge < -0.3 is 15.2 Å². The van der Waals surface area contributed by atoms with Crippen molar-refractivity contribution in [1.82, 2.24) is 20.8 Å². The van der Waals surface area contributed by atoms with E-state index in [0.717, 1.165) is 5.56 Å². The summed E-state index contributed by atoms with van der Waals surface area (Å²) < 4.78 is 5.19. The number of amides is 2. The lowest BCUT2D eigenvalue weighted by molar-refractivity contribution is 0.0922. The summed E-state index contributed by atoms with van der Waals surface area (Å²) in [6.07, 6.45) is 3.08. The molecule has 2 amide bonds. The fourth-order valence-corrected chi connectivity index (χ4v) is 2.16. The van der Waals surface area contributed by atoms with Crippen LogP contribution in [0, 0.1) is 0 Å². The number of rotatable bonds is 6. The number of aromatic nitrogens is 2. The van der Waals surface area contributed by atoms with Gasteiger partial charge in [0.1, 0.15) is 0 Å². The minimum absolute atomic E-state index is 0.192. The Bertz CT molecular complexity index is 847. The molecule has 7 nitrogen and oxygen atoms in total. The lowest BCUT2D eigenvalue weighted by Gasteiger charge is -2.05. The third kappa shape index (κ3) is 4.29. The van der Waals surface area contributed by atoms with Crippen molar-refractivity contribution >= 4 is 11.8 Å². The van der Waals surface area contributed by atoms with Gasteiger partial charge in [0.25, 0.3) is 11.8 Å². The topological polar surface area (TPSA) is 97.1 Å². The van der Waals surface area contributed by atoms with Gasteiger partial charge in [-0.2, -0.15) is 0 Å². The zero-order chi connectivity index (χ0) is 17.5. The molecule has 126 valence electrons. The van der Waals surface area contributed by atoms with Gasteiger partial charge in [-0.15, -0.1) is 0 Å². The van der Waals surface area contributed by atoms with Gasteiger partial charge in [-0.05, 0) is 12.1 Å². The molecule has 0 saturated heterocycles. The molecule has 0 aliphatic heterocycles. The van der Waals surface area contributed by atoms with Crippen molar-refractivity contribution in [2.45, 2.75) is 0 Å². The number of nitrogens with one attached hydrogen (secondary N) is 2. The molecule has 0 unspecified atom stereocenters. The summed E-state index contributed by atoms with van der Waals surface area (Å²) in [6.45, 7) is 0.571. The van der Waals surface area contributed by atoms with Crippen LogP contribution in [0.4, 0.5) is 0 Å². The quantitative estimate of drug-likeness (QED) is 0.670. The van der Waals surface area contributed by atoms with Gasteiger partial charge in [0.15, 0.2) is 11.5 Å². The van der Waals surface area contributed by atoms with Crippen LogP contribution in [0.1, 0.15) is 20.8 Å². The summed E-state index contributed by atoms with van der Waals surface area (Å²) in [5.74, 6) is -0.0765. The Kier molecular flexibility index (Phi) is 5.16. The second-order valence-corrected chi connectivity index (χ2v) is 5.20. The molecule has 7 heteroatoms. The first-order chi connectivity index (χ1) is 12.2. The fraction of sp³-hybridized carbons (Fsp3) is 0.111. The van der Waals surface area contributed by atoms with E-state index in [1.807, 2.05) is 30.3 Å². The molecule has 25 heavy (non-hydrogen) atoms. The normalized spacial score (nSPS) is 10.2. The molecule has 2 N–H and O–H groups in total. The van der Waals surface area contributed by atoms with Gasteiger partial charge in [-0.3, -0.25) is 14.6 Å². The summed E-state index contributed by atoms with van der Waals surface area (Å²) in [4.78, 5) is 27.8. The molecule has 0 aliphatic rings. The lowest BCUT2D eigenvalue weighted by atomic mass is 10.1. The number of nitrogens with zero attached hydrogens (tertiary/aromatic N) is 2. The Morgan fingerprint density at radius 1 is 0.960 bits per heavy atom. The molecule has 0 saturated carbocycles. The zero-order valence-electron chi connectivity index (χ0n) is 13.3. The van der Waals surface area contributed by atoms with Crippen molar-refractivity contribution in [1.29, 1.82) is 0 Å². The largest absolute Gasteiger partial charge is 0.355 e. The molecule has 0 atom stereocenters. The second kappa shape index (κ2) is 7.87. The summed E-state index contributed by atoms with van der Waals surface area (Å²) in [6, 6.07) is 14.3. The van der Waals surface area contributed by atoms with Crippen molar-refractivity contribution in [3.05, 3.63) is 72.2 Å². The molecule has 0 aliphatic carbocycles. The van der Waals surface area contributed by atoms with Gasteiger partial charge >= 0.3 is 0 Å². The molecule has 2 aromatic heterocycles. The Hall–Kier alpha value is -3.48. The summed E-state index contributed by atoms with van der Waals surface area (Å²) in [7, 11) is 0. The molecule has 0 radical (unpaired) electrons. The van der Waals surface area contributed by atoms with Crippen molar-refractivity contribution in [2.24, 2.45) is 0 Å². The molecule has 0 spiro atoms. The highest BCUT2D eigenvalue weighted by Gasteiger charge is 2.13. The summed E-state index contributed by atoms with van der Waals surface area (Å²) >= 11 is 0. The van der Waals surface area contributed by atoms with E-state index in [-0.39, 0.29) is 24.1 Å². The third-order valence-corrected chi connectivity index (χ3v) is 3.42. The van der Waals surface area contributed by atoms with E-state index < -0.39 is 0 Å². The summed E-state index contributed by atoms with van der Waals surface area (Å²) in [5.41, 5.74) is 1.51. The number of benzene rings is 1. The van der Waals surface area contributed by atoms with Crippen LogP contribution in [0.25, 0.3) is 11.3 Å². The van der Waals surface area contributed by atoms with Gasteiger partial charge in [0.2, 0.25) is 0 Å². The van der Waals surface area contributed by atoms with Gasteiger partial charge in [0.05, 0.1) is 5.56 Å². The maximum atomic E-state index is 12.0. The molecule has 0 fully saturated rings. The molecule has 3 aromatic rings. The Morgan fingerprint density at radius 2 is 1.72 bits per heavy atom. The monoisotopic (exact) mass is 336 g/mol. The minimum atomic E-state index is -0.360. The highest BCUT2D eigenvalue weighted by atomic mass is 16.5. The van der Waals surface area contributed by atoms with Crippen molar-refractivity contribution in [2.75, 3.05) is 13.1 Å². The standard InChI is InChI=1S/C18H16N4O3/c23-17(14-7-4-8-19-12-14)20-9-10-21-18(24)15-11-16(25-22-15)13-5-2-1-3-6-13/h1-8,11-12H,9-10H2,(H,20,23)(H,21,24). The predicted octanol–water partition coefficient (Wildman–Crippen LogP) is 1.90. The Balaban J connectivity index is 1.47. The lowest BCUT2D eigenvalue weighted by Crippen LogP contribution is -2.34. The van der Waals surface area contributed by atoms with Crippen LogP contribution in [0.5, 0.6) is 0 Å². The van der Waals surface area contributed by atoms with Gasteiger partial charge in [-0.25, -0.2) is 0 Å². The summed E-state index contributed by atoms with van der Waals surface area (Å²) in [5, 5.41) is 9.15. The van der Waals surface area contributed by atoms with Crippen molar-refractivity contribution in [3.63, 3.8) is 0 Å². The molecular formula is C18H16N4O3. The number of carbonyl (C=O) groups excluding carboxylic acids is 2. The number of hydrogen-bond acceptors (Lipinski definition) is 5.